The Hall–Kier alpha value is -1.66. The minimum atomic E-state index is -0.0735. The normalized spacial score (nSPS) is 16.6. The van der Waals surface area contributed by atoms with E-state index in [0.29, 0.717) is 12.1 Å². The average Bonchev–Trinajstić information content (AvgIpc) is 2.49. The first-order valence-electron chi connectivity index (χ1n) is 7.53. The smallest absolute Gasteiger partial charge is 0.225 e. The molecule has 21 heavy (non-hydrogen) atoms. The molecule has 3 N–H and O–H groups in total. The van der Waals surface area contributed by atoms with E-state index in [1.807, 2.05) is 12.1 Å². The van der Waals surface area contributed by atoms with Crippen LogP contribution in [0.3, 0.4) is 0 Å². The maximum atomic E-state index is 11.8. The fraction of sp³-hybridized carbons (Fsp3) is 0.600. The lowest BCUT2D eigenvalue weighted by molar-refractivity contribution is -0.116. The van der Waals surface area contributed by atoms with Gasteiger partial charge in [-0.2, -0.15) is 0 Å². The van der Waals surface area contributed by atoms with Crippen molar-refractivity contribution in [2.24, 2.45) is 5.73 Å². The van der Waals surface area contributed by atoms with Crippen molar-refractivity contribution in [2.45, 2.75) is 32.2 Å². The zero-order chi connectivity index (χ0) is 15.1. The highest BCUT2D eigenvalue weighted by molar-refractivity contribution is 5.91. The molecule has 0 spiro atoms. The lowest BCUT2D eigenvalue weighted by atomic mass is 10.1. The van der Waals surface area contributed by atoms with Gasteiger partial charge in [-0.15, -0.1) is 0 Å². The number of pyridine rings is 1. The van der Waals surface area contributed by atoms with Crippen LogP contribution in [0.1, 0.15) is 26.2 Å². The SMILES string of the molecule is CCCC(N)CC(=O)Nc1ccc(N2CCOCC2)nc1. The van der Waals surface area contributed by atoms with E-state index in [1.54, 1.807) is 6.20 Å². The first-order valence-corrected chi connectivity index (χ1v) is 7.53. The van der Waals surface area contributed by atoms with E-state index in [4.69, 9.17) is 10.5 Å². The van der Waals surface area contributed by atoms with Crippen molar-refractivity contribution >= 4 is 17.4 Å². The van der Waals surface area contributed by atoms with Gasteiger partial charge in [-0.05, 0) is 18.6 Å². The zero-order valence-electron chi connectivity index (χ0n) is 12.5. The molecule has 0 saturated carbocycles. The van der Waals surface area contributed by atoms with Gasteiger partial charge in [-0.3, -0.25) is 4.79 Å². The van der Waals surface area contributed by atoms with Crippen molar-refractivity contribution in [1.82, 2.24) is 4.98 Å². The summed E-state index contributed by atoms with van der Waals surface area (Å²) in [5.74, 6) is 0.857. The maximum Gasteiger partial charge on any atom is 0.225 e. The molecule has 1 unspecified atom stereocenters. The summed E-state index contributed by atoms with van der Waals surface area (Å²) in [5.41, 5.74) is 6.57. The van der Waals surface area contributed by atoms with Gasteiger partial charge in [-0.25, -0.2) is 4.98 Å². The number of amides is 1. The molecule has 1 saturated heterocycles. The van der Waals surface area contributed by atoms with Crippen LogP contribution in [-0.4, -0.2) is 43.2 Å². The van der Waals surface area contributed by atoms with Gasteiger partial charge in [0.1, 0.15) is 5.82 Å². The molecule has 0 aromatic carbocycles. The van der Waals surface area contributed by atoms with E-state index in [1.165, 1.54) is 0 Å². The van der Waals surface area contributed by atoms with Gasteiger partial charge in [0.15, 0.2) is 0 Å². The molecule has 1 aliphatic rings. The van der Waals surface area contributed by atoms with E-state index in [9.17, 15) is 4.79 Å². The monoisotopic (exact) mass is 292 g/mol. The van der Waals surface area contributed by atoms with Crippen LogP contribution in [0.4, 0.5) is 11.5 Å². The molecular weight excluding hydrogens is 268 g/mol. The molecule has 1 aromatic heterocycles. The van der Waals surface area contributed by atoms with Crippen molar-refractivity contribution in [1.29, 1.82) is 0 Å². The lowest BCUT2D eigenvalue weighted by Gasteiger charge is -2.27. The summed E-state index contributed by atoms with van der Waals surface area (Å²) in [7, 11) is 0. The molecular formula is C15H24N4O2. The van der Waals surface area contributed by atoms with E-state index in [0.717, 1.165) is 45.0 Å². The number of hydrogen-bond donors (Lipinski definition) is 2. The van der Waals surface area contributed by atoms with Crippen LogP contribution >= 0.6 is 0 Å². The van der Waals surface area contributed by atoms with Crippen molar-refractivity contribution < 1.29 is 9.53 Å². The molecule has 1 aromatic rings. The maximum absolute atomic E-state index is 11.8. The molecule has 6 nitrogen and oxygen atoms in total. The largest absolute Gasteiger partial charge is 0.378 e. The molecule has 116 valence electrons. The highest BCUT2D eigenvalue weighted by atomic mass is 16.5. The number of ether oxygens (including phenoxy) is 1. The Bertz CT molecular complexity index is 443. The predicted molar refractivity (Wildman–Crippen MR) is 83.4 cm³/mol. The Labute approximate surface area is 125 Å². The van der Waals surface area contributed by atoms with Crippen molar-refractivity contribution in [3.8, 4) is 0 Å². The van der Waals surface area contributed by atoms with Crippen molar-refractivity contribution in [2.75, 3.05) is 36.5 Å². The molecule has 0 bridgehead atoms. The van der Waals surface area contributed by atoms with Crippen LogP contribution < -0.4 is 16.0 Å². The highest BCUT2D eigenvalue weighted by Crippen LogP contribution is 2.15. The number of carbonyl (C=O) groups is 1. The average molecular weight is 292 g/mol. The van der Waals surface area contributed by atoms with Crippen LogP contribution in [0.25, 0.3) is 0 Å². The number of rotatable bonds is 6. The predicted octanol–water partition coefficient (Wildman–Crippen LogP) is 1.37. The summed E-state index contributed by atoms with van der Waals surface area (Å²) >= 11 is 0. The second-order valence-electron chi connectivity index (χ2n) is 5.31. The summed E-state index contributed by atoms with van der Waals surface area (Å²) in [5, 5.41) is 2.84. The summed E-state index contributed by atoms with van der Waals surface area (Å²) < 4.78 is 5.32. The van der Waals surface area contributed by atoms with Crippen LogP contribution in [-0.2, 0) is 9.53 Å². The lowest BCUT2D eigenvalue weighted by Crippen LogP contribution is -2.36. The molecule has 6 heteroatoms. The molecule has 1 amide bonds. The number of carbonyl (C=O) groups excluding carboxylic acids is 1. The molecule has 1 fully saturated rings. The fourth-order valence-electron chi connectivity index (χ4n) is 2.36. The molecule has 0 radical (unpaired) electrons. The Morgan fingerprint density at radius 3 is 2.86 bits per heavy atom. The topological polar surface area (TPSA) is 80.5 Å². The number of aromatic nitrogens is 1. The Balaban J connectivity index is 1.85. The molecule has 2 rings (SSSR count). The van der Waals surface area contributed by atoms with Crippen molar-refractivity contribution in [3.05, 3.63) is 18.3 Å². The standard InChI is InChI=1S/C15H24N4O2/c1-2-3-12(16)10-15(20)18-13-4-5-14(17-11-13)19-6-8-21-9-7-19/h4-5,11-12H,2-3,6-10,16H2,1H3,(H,18,20). The summed E-state index contributed by atoms with van der Waals surface area (Å²) in [4.78, 5) is 18.4. The van der Waals surface area contributed by atoms with Crippen LogP contribution in [0.15, 0.2) is 18.3 Å². The molecule has 1 atom stereocenters. The molecule has 2 heterocycles. The third kappa shape index (κ3) is 4.99. The Kier molecular flexibility index (Phi) is 5.95. The van der Waals surface area contributed by atoms with E-state index >= 15 is 0 Å². The second kappa shape index (κ2) is 7.95. The number of nitrogens with one attached hydrogen (secondary N) is 1. The summed E-state index contributed by atoms with van der Waals surface area (Å²) in [6.45, 7) is 5.23. The van der Waals surface area contributed by atoms with Crippen LogP contribution in [0, 0.1) is 0 Å². The Morgan fingerprint density at radius 1 is 1.48 bits per heavy atom. The van der Waals surface area contributed by atoms with Gasteiger partial charge in [0.25, 0.3) is 0 Å². The number of nitrogens with two attached hydrogens (primary N) is 1. The second-order valence-corrected chi connectivity index (χ2v) is 5.31. The first-order chi connectivity index (χ1) is 10.2. The quantitative estimate of drug-likeness (QED) is 0.828. The number of hydrogen-bond acceptors (Lipinski definition) is 5. The van der Waals surface area contributed by atoms with E-state index in [2.05, 4.69) is 22.1 Å². The number of nitrogens with zero attached hydrogens (tertiary/aromatic N) is 2. The van der Waals surface area contributed by atoms with E-state index in [-0.39, 0.29) is 11.9 Å². The van der Waals surface area contributed by atoms with E-state index < -0.39 is 0 Å². The minimum absolute atomic E-state index is 0.0585. The van der Waals surface area contributed by atoms with Crippen molar-refractivity contribution in [3.63, 3.8) is 0 Å². The zero-order valence-corrected chi connectivity index (χ0v) is 12.5. The fourth-order valence-corrected chi connectivity index (χ4v) is 2.36. The van der Waals surface area contributed by atoms with Gasteiger partial charge >= 0.3 is 0 Å². The first kappa shape index (κ1) is 15.7. The summed E-state index contributed by atoms with van der Waals surface area (Å²) in [6.07, 6.45) is 3.89. The molecule has 1 aliphatic heterocycles. The third-order valence-electron chi connectivity index (χ3n) is 3.47. The number of anilines is 2. The van der Waals surface area contributed by atoms with Crippen LogP contribution in [0.5, 0.6) is 0 Å². The molecule has 0 aliphatic carbocycles. The van der Waals surface area contributed by atoms with Gasteiger partial charge in [0, 0.05) is 25.6 Å². The third-order valence-corrected chi connectivity index (χ3v) is 3.47. The summed E-state index contributed by atoms with van der Waals surface area (Å²) in [6, 6.07) is 3.73. The van der Waals surface area contributed by atoms with Gasteiger partial charge in [0.05, 0.1) is 25.1 Å². The highest BCUT2D eigenvalue weighted by Gasteiger charge is 2.13. The Morgan fingerprint density at radius 2 is 2.24 bits per heavy atom. The van der Waals surface area contributed by atoms with Gasteiger partial charge in [-0.1, -0.05) is 13.3 Å². The van der Waals surface area contributed by atoms with Gasteiger partial charge < -0.3 is 20.7 Å². The van der Waals surface area contributed by atoms with Gasteiger partial charge in [0.2, 0.25) is 5.91 Å². The van der Waals surface area contributed by atoms with Crippen LogP contribution in [0.2, 0.25) is 0 Å². The minimum Gasteiger partial charge on any atom is -0.378 e. The number of morpholine rings is 1.